The van der Waals surface area contributed by atoms with Crippen LogP contribution in [0.2, 0.25) is 0 Å². The standard InChI is InChI=1S/C11H9F3N2O2/c12-11(13,14)8-4-6-3-5(9(15)10(17)18)1-2-7(6)16-8/h1-4,9,16H,15H2,(H,17,18). The van der Waals surface area contributed by atoms with Crippen LogP contribution in [0.1, 0.15) is 17.3 Å². The number of halogens is 3. The van der Waals surface area contributed by atoms with Crippen molar-refractivity contribution >= 4 is 16.9 Å². The zero-order valence-electron chi connectivity index (χ0n) is 8.95. The lowest BCUT2D eigenvalue weighted by molar-refractivity contribution is -0.141. The van der Waals surface area contributed by atoms with E-state index in [1.165, 1.54) is 18.2 Å². The molecular formula is C11H9F3N2O2. The summed E-state index contributed by atoms with van der Waals surface area (Å²) in [6.45, 7) is 0. The zero-order chi connectivity index (χ0) is 13.5. The second kappa shape index (κ2) is 4.02. The number of hydrogen-bond acceptors (Lipinski definition) is 2. The Labute approximate surface area is 99.2 Å². The van der Waals surface area contributed by atoms with Crippen molar-refractivity contribution in [3.8, 4) is 0 Å². The van der Waals surface area contributed by atoms with Crippen molar-refractivity contribution in [1.29, 1.82) is 0 Å². The Morgan fingerprint density at radius 2 is 2.00 bits per heavy atom. The van der Waals surface area contributed by atoms with E-state index in [4.69, 9.17) is 10.8 Å². The second-order valence-electron chi connectivity index (χ2n) is 3.84. The molecule has 1 unspecified atom stereocenters. The number of aliphatic carboxylic acids is 1. The number of H-pyrrole nitrogens is 1. The first kappa shape index (κ1) is 12.4. The van der Waals surface area contributed by atoms with E-state index in [0.29, 0.717) is 0 Å². The average molecular weight is 258 g/mol. The highest BCUT2D eigenvalue weighted by atomic mass is 19.4. The quantitative estimate of drug-likeness (QED) is 0.773. The number of fused-ring (bicyclic) bond motifs is 1. The van der Waals surface area contributed by atoms with Gasteiger partial charge in [-0.1, -0.05) is 6.07 Å². The lowest BCUT2D eigenvalue weighted by Gasteiger charge is -2.05. The van der Waals surface area contributed by atoms with Crippen molar-refractivity contribution in [1.82, 2.24) is 4.98 Å². The van der Waals surface area contributed by atoms with E-state index in [1.807, 2.05) is 0 Å². The highest BCUT2D eigenvalue weighted by Crippen LogP contribution is 2.31. The number of nitrogens with one attached hydrogen (secondary N) is 1. The van der Waals surface area contributed by atoms with Crippen LogP contribution >= 0.6 is 0 Å². The van der Waals surface area contributed by atoms with Crippen molar-refractivity contribution in [2.45, 2.75) is 12.2 Å². The lowest BCUT2D eigenvalue weighted by Crippen LogP contribution is -2.20. The van der Waals surface area contributed by atoms with Crippen LogP contribution in [0.5, 0.6) is 0 Å². The maximum absolute atomic E-state index is 12.5. The minimum absolute atomic E-state index is 0.253. The van der Waals surface area contributed by atoms with Gasteiger partial charge in [-0.3, -0.25) is 4.79 Å². The predicted octanol–water partition coefficient (Wildman–Crippen LogP) is 2.27. The summed E-state index contributed by atoms with van der Waals surface area (Å²) < 4.78 is 37.4. The molecule has 0 fully saturated rings. The number of nitrogens with two attached hydrogens (primary N) is 1. The van der Waals surface area contributed by atoms with Gasteiger partial charge in [0.2, 0.25) is 0 Å². The van der Waals surface area contributed by atoms with Gasteiger partial charge in [-0.15, -0.1) is 0 Å². The van der Waals surface area contributed by atoms with E-state index in [9.17, 15) is 18.0 Å². The number of alkyl halides is 3. The predicted molar refractivity (Wildman–Crippen MR) is 57.9 cm³/mol. The molecule has 4 N–H and O–H groups in total. The van der Waals surface area contributed by atoms with E-state index in [2.05, 4.69) is 4.98 Å². The summed E-state index contributed by atoms with van der Waals surface area (Å²) in [6.07, 6.45) is -4.46. The molecule has 1 atom stereocenters. The number of hydrogen-bond donors (Lipinski definition) is 3. The minimum atomic E-state index is -4.46. The number of carboxylic acid groups (broad SMARTS) is 1. The van der Waals surface area contributed by atoms with Crippen LogP contribution in [0.4, 0.5) is 13.2 Å². The van der Waals surface area contributed by atoms with Crippen molar-refractivity contribution in [2.75, 3.05) is 0 Å². The molecule has 0 amide bonds. The molecular weight excluding hydrogens is 249 g/mol. The van der Waals surface area contributed by atoms with E-state index in [-0.39, 0.29) is 16.5 Å². The molecule has 0 saturated carbocycles. The molecule has 96 valence electrons. The Morgan fingerprint density at radius 1 is 1.33 bits per heavy atom. The Hall–Kier alpha value is -2.02. The number of aromatic nitrogens is 1. The van der Waals surface area contributed by atoms with Gasteiger partial charge in [0.15, 0.2) is 0 Å². The number of benzene rings is 1. The van der Waals surface area contributed by atoms with Crippen LogP contribution in [0.25, 0.3) is 10.9 Å². The molecule has 4 nitrogen and oxygen atoms in total. The third-order valence-corrected chi connectivity index (χ3v) is 2.58. The first-order chi connectivity index (χ1) is 8.29. The fraction of sp³-hybridized carbons (Fsp3) is 0.182. The molecule has 0 aliphatic heterocycles. The fourth-order valence-corrected chi connectivity index (χ4v) is 1.64. The van der Waals surface area contributed by atoms with Gasteiger partial charge in [0, 0.05) is 10.9 Å². The van der Waals surface area contributed by atoms with Gasteiger partial charge in [0.05, 0.1) is 0 Å². The summed E-state index contributed by atoms with van der Waals surface area (Å²) in [5.41, 5.74) is 5.05. The molecule has 18 heavy (non-hydrogen) atoms. The SMILES string of the molecule is NC(C(=O)O)c1ccc2[nH]c(C(F)(F)F)cc2c1. The first-order valence-electron chi connectivity index (χ1n) is 4.97. The third-order valence-electron chi connectivity index (χ3n) is 2.58. The summed E-state index contributed by atoms with van der Waals surface area (Å²) in [4.78, 5) is 12.9. The van der Waals surface area contributed by atoms with E-state index < -0.39 is 23.9 Å². The Balaban J connectivity index is 2.49. The smallest absolute Gasteiger partial charge is 0.431 e. The highest BCUT2D eigenvalue weighted by Gasteiger charge is 2.32. The lowest BCUT2D eigenvalue weighted by atomic mass is 10.1. The summed E-state index contributed by atoms with van der Waals surface area (Å²) in [7, 11) is 0. The molecule has 0 radical (unpaired) electrons. The minimum Gasteiger partial charge on any atom is -0.480 e. The van der Waals surface area contributed by atoms with Gasteiger partial charge in [-0.25, -0.2) is 0 Å². The molecule has 0 aliphatic rings. The molecule has 0 bridgehead atoms. The molecule has 1 aromatic heterocycles. The van der Waals surface area contributed by atoms with E-state index >= 15 is 0 Å². The number of carboxylic acids is 1. The molecule has 0 aliphatic carbocycles. The van der Waals surface area contributed by atoms with Gasteiger partial charge >= 0.3 is 12.1 Å². The Morgan fingerprint density at radius 3 is 2.56 bits per heavy atom. The first-order valence-corrected chi connectivity index (χ1v) is 4.97. The summed E-state index contributed by atoms with van der Waals surface area (Å²) in [6, 6.07) is 3.77. The van der Waals surface area contributed by atoms with Crippen LogP contribution in [-0.4, -0.2) is 16.1 Å². The van der Waals surface area contributed by atoms with Gasteiger partial charge in [0.1, 0.15) is 11.7 Å². The summed E-state index contributed by atoms with van der Waals surface area (Å²) in [5, 5.41) is 9.00. The van der Waals surface area contributed by atoms with Crippen LogP contribution in [0.3, 0.4) is 0 Å². The fourth-order valence-electron chi connectivity index (χ4n) is 1.64. The molecule has 1 aromatic carbocycles. The van der Waals surface area contributed by atoms with Gasteiger partial charge < -0.3 is 15.8 Å². The second-order valence-corrected chi connectivity index (χ2v) is 3.84. The normalized spacial score (nSPS) is 13.8. The number of carbonyl (C=O) groups is 1. The van der Waals surface area contributed by atoms with Crippen LogP contribution in [0.15, 0.2) is 24.3 Å². The van der Waals surface area contributed by atoms with Crippen molar-refractivity contribution < 1.29 is 23.1 Å². The zero-order valence-corrected chi connectivity index (χ0v) is 8.95. The molecule has 0 saturated heterocycles. The van der Waals surface area contributed by atoms with Crippen molar-refractivity contribution in [2.24, 2.45) is 5.73 Å². The average Bonchev–Trinajstić information content (AvgIpc) is 2.69. The number of aromatic amines is 1. The van der Waals surface area contributed by atoms with Crippen LogP contribution in [0, 0.1) is 0 Å². The van der Waals surface area contributed by atoms with Gasteiger partial charge in [0.25, 0.3) is 0 Å². The highest BCUT2D eigenvalue weighted by molar-refractivity contribution is 5.84. The summed E-state index contributed by atoms with van der Waals surface area (Å²) in [5.74, 6) is -1.24. The van der Waals surface area contributed by atoms with E-state index in [0.717, 1.165) is 6.07 Å². The largest absolute Gasteiger partial charge is 0.480 e. The van der Waals surface area contributed by atoms with Gasteiger partial charge in [-0.2, -0.15) is 13.2 Å². The Kier molecular flexibility index (Phi) is 2.78. The third kappa shape index (κ3) is 2.17. The molecule has 0 spiro atoms. The molecule has 7 heteroatoms. The molecule has 1 heterocycles. The molecule has 2 aromatic rings. The maximum atomic E-state index is 12.5. The topological polar surface area (TPSA) is 79.1 Å². The molecule has 2 rings (SSSR count). The van der Waals surface area contributed by atoms with Crippen molar-refractivity contribution in [3.05, 3.63) is 35.5 Å². The van der Waals surface area contributed by atoms with Crippen LogP contribution in [-0.2, 0) is 11.0 Å². The van der Waals surface area contributed by atoms with Crippen LogP contribution < -0.4 is 5.73 Å². The summed E-state index contributed by atoms with van der Waals surface area (Å²) >= 11 is 0. The number of rotatable bonds is 2. The van der Waals surface area contributed by atoms with E-state index in [1.54, 1.807) is 0 Å². The monoisotopic (exact) mass is 258 g/mol. The Bertz CT molecular complexity index is 604. The van der Waals surface area contributed by atoms with Gasteiger partial charge in [-0.05, 0) is 23.8 Å². The maximum Gasteiger partial charge on any atom is 0.431 e. The van der Waals surface area contributed by atoms with Crippen molar-refractivity contribution in [3.63, 3.8) is 0 Å².